The molecule has 0 aliphatic carbocycles. The van der Waals surface area contributed by atoms with E-state index in [1.165, 1.54) is 0 Å². The fourth-order valence-electron chi connectivity index (χ4n) is 2.21. The van der Waals surface area contributed by atoms with Crippen molar-refractivity contribution in [3.8, 4) is 0 Å². The summed E-state index contributed by atoms with van der Waals surface area (Å²) in [5.74, 6) is 1.70. The van der Waals surface area contributed by atoms with E-state index in [9.17, 15) is 0 Å². The third-order valence-corrected chi connectivity index (χ3v) is 4.72. The monoisotopic (exact) mass is 377 g/mol. The molecule has 0 radical (unpaired) electrons. The van der Waals surface area contributed by atoms with E-state index in [-0.39, 0.29) is 5.60 Å². The maximum atomic E-state index is 5.74. The Hall–Kier alpha value is -0.430. The Labute approximate surface area is 129 Å². The van der Waals surface area contributed by atoms with Crippen LogP contribution in [0.1, 0.15) is 51.6 Å². The summed E-state index contributed by atoms with van der Waals surface area (Å²) in [5, 5.41) is 3.16. The van der Waals surface area contributed by atoms with Crippen molar-refractivity contribution in [3.63, 3.8) is 0 Å². The number of ether oxygens (including phenoxy) is 1. The van der Waals surface area contributed by atoms with Crippen LogP contribution in [0.25, 0.3) is 0 Å². The van der Waals surface area contributed by atoms with Crippen molar-refractivity contribution in [2.24, 2.45) is 0 Å². The summed E-state index contributed by atoms with van der Waals surface area (Å²) < 4.78 is 6.85. The van der Waals surface area contributed by atoms with Crippen LogP contribution in [-0.2, 0) is 16.8 Å². The van der Waals surface area contributed by atoms with Gasteiger partial charge in [0.15, 0.2) is 5.82 Å². The fraction of sp³-hybridized carbons (Fsp3) is 0.714. The van der Waals surface area contributed by atoms with E-state index in [0.29, 0.717) is 0 Å². The minimum Gasteiger partial charge on any atom is -0.372 e. The molecule has 0 amide bonds. The highest BCUT2D eigenvalue weighted by molar-refractivity contribution is 14.1. The third kappa shape index (κ3) is 3.37. The number of nitrogens with zero attached hydrogens (tertiary/aromatic N) is 2. The maximum Gasteiger partial charge on any atom is 0.162 e. The number of nitrogens with one attached hydrogen (secondary N) is 1. The van der Waals surface area contributed by atoms with Crippen molar-refractivity contribution < 1.29 is 4.74 Å². The van der Waals surface area contributed by atoms with Crippen LogP contribution >= 0.6 is 22.6 Å². The topological polar surface area (TPSA) is 47.0 Å². The summed E-state index contributed by atoms with van der Waals surface area (Å²) >= 11 is 2.32. The maximum absolute atomic E-state index is 5.74. The van der Waals surface area contributed by atoms with Crippen LogP contribution in [0.5, 0.6) is 0 Å². The number of aryl methyl sites for hydroxylation is 1. The first-order chi connectivity index (χ1) is 9.08. The SMILES string of the molecule is CCCc1nc(C(CC)(CC)OC)nc(NC)c1I. The van der Waals surface area contributed by atoms with Gasteiger partial charge in [0.1, 0.15) is 11.4 Å². The first kappa shape index (κ1) is 16.6. The molecule has 0 saturated carbocycles. The van der Waals surface area contributed by atoms with E-state index in [1.807, 2.05) is 7.05 Å². The van der Waals surface area contributed by atoms with E-state index in [4.69, 9.17) is 9.72 Å². The first-order valence-corrected chi connectivity index (χ1v) is 7.96. The Bertz CT molecular complexity index is 411. The van der Waals surface area contributed by atoms with Gasteiger partial charge in [0.2, 0.25) is 0 Å². The van der Waals surface area contributed by atoms with Gasteiger partial charge in [0, 0.05) is 14.2 Å². The third-order valence-electron chi connectivity index (χ3n) is 3.58. The Morgan fingerprint density at radius 1 is 1.21 bits per heavy atom. The second-order valence-electron chi connectivity index (χ2n) is 4.56. The summed E-state index contributed by atoms with van der Waals surface area (Å²) in [6.45, 7) is 6.40. The van der Waals surface area contributed by atoms with E-state index in [2.05, 4.69) is 53.7 Å². The molecular formula is C14H24IN3O. The molecule has 1 N–H and O–H groups in total. The number of anilines is 1. The summed E-state index contributed by atoms with van der Waals surface area (Å²) in [6, 6.07) is 0. The van der Waals surface area contributed by atoms with E-state index >= 15 is 0 Å². The average molecular weight is 377 g/mol. The van der Waals surface area contributed by atoms with Crippen LogP contribution in [0.15, 0.2) is 0 Å². The summed E-state index contributed by atoms with van der Waals surface area (Å²) in [6.07, 6.45) is 3.79. The van der Waals surface area contributed by atoms with Crippen LogP contribution in [0, 0.1) is 3.57 Å². The number of methoxy groups -OCH3 is 1. The number of halogens is 1. The molecule has 1 heterocycles. The molecule has 0 aliphatic heterocycles. The molecule has 0 fully saturated rings. The summed E-state index contributed by atoms with van der Waals surface area (Å²) in [7, 11) is 3.64. The number of hydrogen-bond acceptors (Lipinski definition) is 4. The zero-order valence-electron chi connectivity index (χ0n) is 12.5. The molecule has 0 unspecified atom stereocenters. The number of rotatable bonds is 7. The molecule has 0 bridgehead atoms. The lowest BCUT2D eigenvalue weighted by Gasteiger charge is -2.29. The van der Waals surface area contributed by atoms with E-state index < -0.39 is 0 Å². The molecule has 4 nitrogen and oxygen atoms in total. The van der Waals surface area contributed by atoms with Gasteiger partial charge in [0.25, 0.3) is 0 Å². The van der Waals surface area contributed by atoms with Crippen molar-refractivity contribution in [2.45, 2.75) is 52.1 Å². The van der Waals surface area contributed by atoms with Gasteiger partial charge in [-0.15, -0.1) is 0 Å². The molecule has 1 rings (SSSR count). The predicted octanol–water partition coefficient (Wildman–Crippen LogP) is 3.74. The predicted molar refractivity (Wildman–Crippen MR) is 87.6 cm³/mol. The minimum atomic E-state index is -0.377. The van der Waals surface area contributed by atoms with Gasteiger partial charge in [-0.3, -0.25) is 0 Å². The molecule has 19 heavy (non-hydrogen) atoms. The smallest absolute Gasteiger partial charge is 0.162 e. The second-order valence-corrected chi connectivity index (χ2v) is 5.64. The molecule has 0 aliphatic rings. The molecule has 1 aromatic heterocycles. The van der Waals surface area contributed by atoms with Crippen LogP contribution in [-0.4, -0.2) is 24.1 Å². The van der Waals surface area contributed by atoms with Crippen molar-refractivity contribution in [1.29, 1.82) is 0 Å². The van der Waals surface area contributed by atoms with E-state index in [1.54, 1.807) is 7.11 Å². The normalized spacial score (nSPS) is 11.7. The second kappa shape index (κ2) is 7.38. The number of aromatic nitrogens is 2. The molecule has 0 spiro atoms. The minimum absolute atomic E-state index is 0.377. The van der Waals surface area contributed by atoms with Gasteiger partial charge in [-0.05, 0) is 41.9 Å². The van der Waals surface area contributed by atoms with E-state index in [0.717, 1.165) is 46.6 Å². The molecule has 0 saturated heterocycles. The fourth-order valence-corrected chi connectivity index (χ4v) is 2.99. The number of hydrogen-bond donors (Lipinski definition) is 1. The van der Waals surface area contributed by atoms with Gasteiger partial charge in [-0.2, -0.15) is 0 Å². The van der Waals surface area contributed by atoms with Gasteiger partial charge in [0.05, 0.1) is 9.26 Å². The van der Waals surface area contributed by atoms with Crippen molar-refractivity contribution >= 4 is 28.4 Å². The van der Waals surface area contributed by atoms with Gasteiger partial charge in [-0.25, -0.2) is 9.97 Å². The summed E-state index contributed by atoms with van der Waals surface area (Å²) in [5.41, 5.74) is 0.735. The highest BCUT2D eigenvalue weighted by Gasteiger charge is 2.32. The zero-order valence-corrected chi connectivity index (χ0v) is 14.7. The molecule has 0 atom stereocenters. The van der Waals surface area contributed by atoms with Gasteiger partial charge >= 0.3 is 0 Å². The van der Waals surface area contributed by atoms with Crippen molar-refractivity contribution in [3.05, 3.63) is 15.1 Å². The Morgan fingerprint density at radius 2 is 1.84 bits per heavy atom. The quantitative estimate of drug-likeness (QED) is 0.736. The van der Waals surface area contributed by atoms with Gasteiger partial charge < -0.3 is 10.1 Å². The highest BCUT2D eigenvalue weighted by atomic mass is 127. The largest absolute Gasteiger partial charge is 0.372 e. The standard InChI is InChI=1S/C14H24IN3O/c1-6-9-10-11(15)12(16-4)18-13(17-10)14(7-2,8-3)19-5/h6-9H2,1-5H3,(H,16,17,18). The van der Waals surface area contributed by atoms with Crippen LogP contribution in [0.4, 0.5) is 5.82 Å². The van der Waals surface area contributed by atoms with Crippen LogP contribution in [0.3, 0.4) is 0 Å². The Balaban J connectivity index is 3.38. The highest BCUT2D eigenvalue weighted by Crippen LogP contribution is 2.32. The van der Waals surface area contributed by atoms with Crippen LogP contribution in [0.2, 0.25) is 0 Å². The lowest BCUT2D eigenvalue weighted by atomic mass is 9.95. The molecular weight excluding hydrogens is 353 g/mol. The van der Waals surface area contributed by atoms with Gasteiger partial charge in [-0.1, -0.05) is 27.2 Å². The zero-order chi connectivity index (χ0) is 14.5. The lowest BCUT2D eigenvalue weighted by molar-refractivity contribution is -0.0292. The van der Waals surface area contributed by atoms with Crippen molar-refractivity contribution in [1.82, 2.24) is 9.97 Å². The molecule has 0 aromatic carbocycles. The molecule has 5 heteroatoms. The Kier molecular flexibility index (Phi) is 6.46. The summed E-state index contributed by atoms with van der Waals surface area (Å²) in [4.78, 5) is 9.44. The molecule has 108 valence electrons. The first-order valence-electron chi connectivity index (χ1n) is 6.88. The van der Waals surface area contributed by atoms with Crippen molar-refractivity contribution in [2.75, 3.05) is 19.5 Å². The lowest BCUT2D eigenvalue weighted by Crippen LogP contribution is -2.30. The molecule has 1 aromatic rings. The Morgan fingerprint density at radius 3 is 2.26 bits per heavy atom. The average Bonchev–Trinajstić information content (AvgIpc) is 2.44. The van der Waals surface area contributed by atoms with Crippen LogP contribution < -0.4 is 5.32 Å².